The Bertz CT molecular complexity index is 280. The minimum Gasteiger partial charge on any atom is -0.393 e. The van der Waals surface area contributed by atoms with E-state index in [-0.39, 0.29) is 6.10 Å². The summed E-state index contributed by atoms with van der Waals surface area (Å²) < 4.78 is 0. The van der Waals surface area contributed by atoms with Gasteiger partial charge in [0.15, 0.2) is 0 Å². The van der Waals surface area contributed by atoms with E-state index in [0.717, 1.165) is 29.6 Å². The van der Waals surface area contributed by atoms with E-state index in [0.29, 0.717) is 11.8 Å². The highest BCUT2D eigenvalue weighted by atomic mass is 16.3. The average molecular weight is 190 g/mol. The van der Waals surface area contributed by atoms with Crippen molar-refractivity contribution in [1.29, 1.82) is 0 Å². The molecule has 0 aromatic heterocycles. The molecule has 1 nitrogen and oxygen atoms in total. The molecule has 3 fully saturated rings. The lowest BCUT2D eigenvalue weighted by Crippen LogP contribution is -2.38. The molecule has 0 spiro atoms. The highest BCUT2D eigenvalue weighted by molar-refractivity contribution is 5.21. The summed E-state index contributed by atoms with van der Waals surface area (Å²) in [6.45, 7) is 2.27. The number of fused-ring (bicyclic) bond motifs is 9. The highest BCUT2D eigenvalue weighted by Crippen LogP contribution is 2.66. The second-order valence-corrected chi connectivity index (χ2v) is 6.02. The van der Waals surface area contributed by atoms with Crippen molar-refractivity contribution in [2.45, 2.75) is 25.9 Å². The summed E-state index contributed by atoms with van der Waals surface area (Å²) in [5.41, 5.74) is 0. The van der Waals surface area contributed by atoms with Crippen LogP contribution in [0.25, 0.3) is 0 Å². The fourth-order valence-electron chi connectivity index (χ4n) is 5.31. The van der Waals surface area contributed by atoms with E-state index >= 15 is 0 Å². The predicted octanol–water partition coefficient (Wildman–Crippen LogP) is 2.07. The molecule has 0 aromatic carbocycles. The van der Waals surface area contributed by atoms with Crippen molar-refractivity contribution in [3.05, 3.63) is 12.2 Å². The Morgan fingerprint density at radius 2 is 1.64 bits per heavy atom. The SMILES string of the molecule is CC1C(O)C2CC1C1C3C=CC(C3)C21. The Balaban J connectivity index is 1.78. The molecule has 0 aliphatic heterocycles. The van der Waals surface area contributed by atoms with E-state index in [4.69, 9.17) is 0 Å². The Hall–Kier alpha value is -0.300. The maximum atomic E-state index is 10.1. The van der Waals surface area contributed by atoms with Crippen LogP contribution in [0.5, 0.6) is 0 Å². The van der Waals surface area contributed by atoms with Gasteiger partial charge in [-0.15, -0.1) is 0 Å². The first kappa shape index (κ1) is 7.92. The molecule has 1 heteroatoms. The zero-order chi connectivity index (χ0) is 9.45. The Labute approximate surface area is 85.2 Å². The van der Waals surface area contributed by atoms with E-state index in [2.05, 4.69) is 19.1 Å². The monoisotopic (exact) mass is 190 g/mol. The lowest BCUT2D eigenvalue weighted by molar-refractivity contribution is 0.00660. The van der Waals surface area contributed by atoms with Gasteiger partial charge in [-0.05, 0) is 54.3 Å². The molecule has 14 heavy (non-hydrogen) atoms. The lowest BCUT2D eigenvalue weighted by atomic mass is 9.69. The van der Waals surface area contributed by atoms with Crippen LogP contribution in [0, 0.1) is 41.4 Å². The number of aliphatic hydroxyl groups excluding tert-OH is 1. The topological polar surface area (TPSA) is 20.2 Å². The molecule has 0 radical (unpaired) electrons. The first-order valence-corrected chi connectivity index (χ1v) is 6.14. The van der Waals surface area contributed by atoms with E-state index in [1.54, 1.807) is 0 Å². The molecule has 0 heterocycles. The van der Waals surface area contributed by atoms with E-state index in [1.807, 2.05) is 0 Å². The first-order valence-electron chi connectivity index (χ1n) is 6.14. The second-order valence-electron chi connectivity index (χ2n) is 6.02. The van der Waals surface area contributed by atoms with Crippen molar-refractivity contribution in [1.82, 2.24) is 0 Å². The van der Waals surface area contributed by atoms with Gasteiger partial charge in [0, 0.05) is 0 Å². The molecule has 8 atom stereocenters. The third-order valence-electron chi connectivity index (χ3n) is 5.77. The molecule has 4 bridgehead atoms. The number of hydrogen-bond donors (Lipinski definition) is 1. The quantitative estimate of drug-likeness (QED) is 0.458. The van der Waals surface area contributed by atoms with Crippen molar-refractivity contribution in [3.8, 4) is 0 Å². The predicted molar refractivity (Wildman–Crippen MR) is 54.5 cm³/mol. The summed E-state index contributed by atoms with van der Waals surface area (Å²) in [6, 6.07) is 0. The summed E-state index contributed by atoms with van der Waals surface area (Å²) in [6.07, 6.45) is 7.65. The molecule has 3 saturated carbocycles. The summed E-state index contributed by atoms with van der Waals surface area (Å²) in [7, 11) is 0. The Morgan fingerprint density at radius 3 is 2.36 bits per heavy atom. The number of rotatable bonds is 0. The van der Waals surface area contributed by atoms with Crippen LogP contribution < -0.4 is 0 Å². The van der Waals surface area contributed by atoms with Crippen molar-refractivity contribution < 1.29 is 5.11 Å². The van der Waals surface area contributed by atoms with Crippen molar-refractivity contribution in [2.75, 3.05) is 0 Å². The summed E-state index contributed by atoms with van der Waals surface area (Å²) in [4.78, 5) is 0. The van der Waals surface area contributed by atoms with Crippen LogP contribution in [0.4, 0.5) is 0 Å². The van der Waals surface area contributed by atoms with Crippen LogP contribution >= 0.6 is 0 Å². The Morgan fingerprint density at radius 1 is 1.00 bits per heavy atom. The summed E-state index contributed by atoms with van der Waals surface area (Å²) in [5, 5.41) is 10.1. The lowest BCUT2D eigenvalue weighted by Gasteiger charge is -2.38. The molecule has 8 unspecified atom stereocenters. The second kappa shape index (κ2) is 2.27. The molecule has 0 saturated heterocycles. The van der Waals surface area contributed by atoms with Gasteiger partial charge in [0.25, 0.3) is 0 Å². The molecule has 4 aliphatic rings. The fraction of sp³-hybridized carbons (Fsp3) is 0.846. The average Bonchev–Trinajstić information content (AvgIpc) is 2.87. The molecule has 76 valence electrons. The van der Waals surface area contributed by atoms with Gasteiger partial charge in [0.05, 0.1) is 6.10 Å². The van der Waals surface area contributed by atoms with Gasteiger partial charge in [-0.2, -0.15) is 0 Å². The van der Waals surface area contributed by atoms with Gasteiger partial charge in [-0.3, -0.25) is 0 Å². The van der Waals surface area contributed by atoms with Crippen molar-refractivity contribution in [3.63, 3.8) is 0 Å². The van der Waals surface area contributed by atoms with E-state index < -0.39 is 0 Å². The smallest absolute Gasteiger partial charge is 0.0599 e. The van der Waals surface area contributed by atoms with Crippen molar-refractivity contribution >= 4 is 0 Å². The molecule has 4 aliphatic carbocycles. The van der Waals surface area contributed by atoms with Gasteiger partial charge in [0.1, 0.15) is 0 Å². The molecule has 0 aromatic rings. The number of hydrogen-bond acceptors (Lipinski definition) is 1. The van der Waals surface area contributed by atoms with Gasteiger partial charge >= 0.3 is 0 Å². The normalized spacial score (nSPS) is 67.9. The largest absolute Gasteiger partial charge is 0.393 e. The van der Waals surface area contributed by atoms with Crippen LogP contribution in [0.15, 0.2) is 12.2 Å². The molecule has 1 N–H and O–H groups in total. The molecular formula is C13H18O. The van der Waals surface area contributed by atoms with Crippen molar-refractivity contribution in [2.24, 2.45) is 41.4 Å². The standard InChI is InChI=1S/C13H18O/c1-6-9-5-10(13(6)14)12-8-3-2-7(4-8)11(9)12/h2-3,6-14H,4-5H2,1H3. The number of allylic oxidation sites excluding steroid dienone is 2. The Kier molecular flexibility index (Phi) is 1.28. The van der Waals surface area contributed by atoms with E-state index in [9.17, 15) is 5.11 Å². The maximum absolute atomic E-state index is 10.1. The fourth-order valence-corrected chi connectivity index (χ4v) is 5.31. The summed E-state index contributed by atoms with van der Waals surface area (Å²) >= 11 is 0. The third-order valence-corrected chi connectivity index (χ3v) is 5.77. The summed E-state index contributed by atoms with van der Waals surface area (Å²) in [5.74, 6) is 5.61. The van der Waals surface area contributed by atoms with Gasteiger partial charge in [0.2, 0.25) is 0 Å². The first-order chi connectivity index (χ1) is 6.77. The number of aliphatic hydroxyl groups is 1. The van der Waals surface area contributed by atoms with Crippen LogP contribution in [0.3, 0.4) is 0 Å². The zero-order valence-electron chi connectivity index (χ0n) is 8.63. The minimum atomic E-state index is 0.0222. The van der Waals surface area contributed by atoms with Crippen LogP contribution in [-0.2, 0) is 0 Å². The van der Waals surface area contributed by atoms with Crippen LogP contribution in [0.2, 0.25) is 0 Å². The molecule has 0 amide bonds. The molecule has 4 rings (SSSR count). The zero-order valence-corrected chi connectivity index (χ0v) is 8.63. The van der Waals surface area contributed by atoms with E-state index in [1.165, 1.54) is 12.8 Å². The highest BCUT2D eigenvalue weighted by Gasteiger charge is 2.63. The van der Waals surface area contributed by atoms with Gasteiger partial charge in [-0.25, -0.2) is 0 Å². The minimum absolute atomic E-state index is 0.0222. The van der Waals surface area contributed by atoms with Gasteiger partial charge in [-0.1, -0.05) is 19.1 Å². The van der Waals surface area contributed by atoms with Crippen LogP contribution in [0.1, 0.15) is 19.8 Å². The third kappa shape index (κ3) is 0.670. The maximum Gasteiger partial charge on any atom is 0.0599 e. The van der Waals surface area contributed by atoms with Gasteiger partial charge < -0.3 is 5.11 Å². The molecular weight excluding hydrogens is 172 g/mol. The van der Waals surface area contributed by atoms with Crippen LogP contribution in [-0.4, -0.2) is 11.2 Å².